The summed E-state index contributed by atoms with van der Waals surface area (Å²) in [5.74, 6) is 0. The molecule has 2 rings (SSSR count). The minimum Gasteiger partial charge on any atom is -0.339 e. The molecular weight excluding hydrogens is 232 g/mol. The first kappa shape index (κ1) is 12.6. The predicted molar refractivity (Wildman–Crippen MR) is 69.8 cm³/mol. The molecule has 0 spiro atoms. The van der Waals surface area contributed by atoms with Crippen molar-refractivity contribution in [1.82, 2.24) is 19.1 Å². The smallest absolute Gasteiger partial charge is 0.332 e. The van der Waals surface area contributed by atoms with Crippen LogP contribution in [0.5, 0.6) is 0 Å². The maximum absolute atomic E-state index is 12.2. The molecule has 0 aliphatic carbocycles. The summed E-state index contributed by atoms with van der Waals surface area (Å²) in [5, 5.41) is 0. The van der Waals surface area contributed by atoms with E-state index in [2.05, 4.69) is 16.9 Å². The lowest BCUT2D eigenvalue weighted by atomic mass is 10.2. The molecule has 6 heteroatoms. The van der Waals surface area contributed by atoms with Crippen molar-refractivity contribution in [1.29, 1.82) is 0 Å². The lowest BCUT2D eigenvalue weighted by molar-refractivity contribution is 0.538. The minimum atomic E-state index is -0.270. The molecule has 0 fully saturated rings. The van der Waals surface area contributed by atoms with Crippen LogP contribution in [0.3, 0.4) is 0 Å². The van der Waals surface area contributed by atoms with Gasteiger partial charge in [0.25, 0.3) is 5.56 Å². The highest BCUT2D eigenvalue weighted by Crippen LogP contribution is 2.02. The second-order valence-corrected chi connectivity index (χ2v) is 4.29. The molecule has 0 atom stereocenters. The molecule has 0 unspecified atom stereocenters. The highest BCUT2D eigenvalue weighted by molar-refractivity contribution is 5.68. The van der Waals surface area contributed by atoms with Crippen molar-refractivity contribution in [3.05, 3.63) is 27.2 Å². The van der Waals surface area contributed by atoms with Gasteiger partial charge in [0.05, 0.1) is 6.33 Å². The number of H-pyrrole nitrogens is 1. The van der Waals surface area contributed by atoms with E-state index >= 15 is 0 Å². The van der Waals surface area contributed by atoms with Gasteiger partial charge in [0.15, 0.2) is 5.65 Å². The van der Waals surface area contributed by atoms with Gasteiger partial charge in [0, 0.05) is 13.1 Å². The van der Waals surface area contributed by atoms with Gasteiger partial charge in [-0.15, -0.1) is 0 Å². The average Bonchev–Trinajstić information content (AvgIpc) is 2.83. The zero-order valence-corrected chi connectivity index (χ0v) is 10.8. The first-order valence-electron chi connectivity index (χ1n) is 6.37. The molecule has 0 aliphatic heterocycles. The molecule has 98 valence electrons. The lowest BCUT2D eigenvalue weighted by Crippen LogP contribution is -2.40. The zero-order valence-electron chi connectivity index (χ0n) is 10.8. The molecule has 0 aromatic carbocycles. The van der Waals surface area contributed by atoms with Gasteiger partial charge in [-0.25, -0.2) is 9.78 Å². The van der Waals surface area contributed by atoms with E-state index < -0.39 is 0 Å². The molecule has 0 amide bonds. The number of aromatic nitrogens is 4. The quantitative estimate of drug-likeness (QED) is 0.807. The van der Waals surface area contributed by atoms with Gasteiger partial charge in [-0.3, -0.25) is 13.9 Å². The van der Waals surface area contributed by atoms with Gasteiger partial charge >= 0.3 is 5.69 Å². The fraction of sp³-hybridized carbons (Fsp3) is 0.583. The summed E-state index contributed by atoms with van der Waals surface area (Å²) in [6.45, 7) is 4.94. The summed E-state index contributed by atoms with van der Waals surface area (Å²) in [5.41, 5.74) is 0.318. The second kappa shape index (κ2) is 5.20. The summed E-state index contributed by atoms with van der Waals surface area (Å²) in [4.78, 5) is 31.2. The van der Waals surface area contributed by atoms with E-state index in [1.165, 1.54) is 15.5 Å². The van der Waals surface area contributed by atoms with Crippen LogP contribution in [0.4, 0.5) is 0 Å². The summed E-state index contributed by atoms with van der Waals surface area (Å²) in [6.07, 6.45) is 4.37. The van der Waals surface area contributed by atoms with Gasteiger partial charge in [-0.1, -0.05) is 19.8 Å². The monoisotopic (exact) mass is 250 g/mol. The Hall–Kier alpha value is -1.85. The Morgan fingerprint density at radius 3 is 2.67 bits per heavy atom. The number of unbranched alkanes of at least 4 members (excludes halogenated alkanes) is 2. The number of nitrogens with zero attached hydrogens (tertiary/aromatic N) is 3. The number of aromatic amines is 1. The van der Waals surface area contributed by atoms with Crippen molar-refractivity contribution in [2.45, 2.75) is 46.2 Å². The van der Waals surface area contributed by atoms with Crippen molar-refractivity contribution >= 4 is 11.2 Å². The molecule has 1 N–H and O–H groups in total. The van der Waals surface area contributed by atoms with Gasteiger partial charge in [0.1, 0.15) is 5.52 Å². The highest BCUT2D eigenvalue weighted by Gasteiger charge is 2.13. The van der Waals surface area contributed by atoms with Crippen LogP contribution in [0, 0.1) is 0 Å². The van der Waals surface area contributed by atoms with E-state index in [1.807, 2.05) is 6.92 Å². The number of aryl methyl sites for hydroxylation is 1. The third-order valence-corrected chi connectivity index (χ3v) is 3.10. The van der Waals surface area contributed by atoms with Crippen molar-refractivity contribution in [2.75, 3.05) is 0 Å². The highest BCUT2D eigenvalue weighted by atomic mass is 16.2. The number of rotatable bonds is 5. The molecular formula is C12H18N4O2. The molecule has 2 aromatic heterocycles. The van der Waals surface area contributed by atoms with Gasteiger partial charge in [-0.05, 0) is 13.3 Å². The number of hydrogen-bond acceptors (Lipinski definition) is 3. The maximum atomic E-state index is 12.2. The van der Waals surface area contributed by atoms with Crippen LogP contribution in [-0.4, -0.2) is 19.1 Å². The Kier molecular flexibility index (Phi) is 3.64. The van der Waals surface area contributed by atoms with Crippen LogP contribution < -0.4 is 11.2 Å². The first-order chi connectivity index (χ1) is 8.70. The molecule has 2 heterocycles. The third-order valence-electron chi connectivity index (χ3n) is 3.10. The zero-order chi connectivity index (χ0) is 13.1. The van der Waals surface area contributed by atoms with Gasteiger partial charge in [-0.2, -0.15) is 0 Å². The van der Waals surface area contributed by atoms with Crippen LogP contribution in [-0.2, 0) is 13.1 Å². The number of imidazole rings is 1. The lowest BCUT2D eigenvalue weighted by Gasteiger charge is -2.09. The maximum Gasteiger partial charge on any atom is 0.332 e. The summed E-state index contributed by atoms with van der Waals surface area (Å²) in [6, 6.07) is 0. The first-order valence-corrected chi connectivity index (χ1v) is 6.37. The fourth-order valence-corrected chi connectivity index (χ4v) is 2.11. The number of fused-ring (bicyclic) bond motifs is 1. The largest absolute Gasteiger partial charge is 0.339 e. The molecule has 2 aromatic rings. The molecule has 0 aliphatic rings. The fourth-order valence-electron chi connectivity index (χ4n) is 2.11. The predicted octanol–water partition coefficient (Wildman–Crippen LogP) is 1.10. The van der Waals surface area contributed by atoms with Crippen LogP contribution in [0.2, 0.25) is 0 Å². The molecule has 6 nitrogen and oxygen atoms in total. The van der Waals surface area contributed by atoms with E-state index in [1.54, 1.807) is 0 Å². The Bertz CT molecular complexity index is 650. The summed E-state index contributed by atoms with van der Waals surface area (Å²) >= 11 is 0. The Balaban J connectivity index is 2.58. The molecule has 0 saturated carbocycles. The van der Waals surface area contributed by atoms with Crippen molar-refractivity contribution in [3.8, 4) is 0 Å². The molecule has 0 saturated heterocycles. The van der Waals surface area contributed by atoms with Crippen LogP contribution in [0.25, 0.3) is 11.2 Å². The summed E-state index contributed by atoms with van der Waals surface area (Å²) < 4.78 is 2.83. The van der Waals surface area contributed by atoms with Gasteiger partial charge in [0.2, 0.25) is 0 Å². The Morgan fingerprint density at radius 2 is 2.00 bits per heavy atom. The molecule has 0 bridgehead atoms. The number of hydrogen-bond donors (Lipinski definition) is 1. The minimum absolute atomic E-state index is 0.266. The molecule has 0 radical (unpaired) electrons. The third kappa shape index (κ3) is 1.98. The number of nitrogens with one attached hydrogen (secondary N) is 1. The topological polar surface area (TPSA) is 72.7 Å². The standard InChI is InChI=1S/C12H18N4O2/c1-3-5-6-7-16-11(17)9-10(14-8-13-9)15(4-2)12(16)18/h8H,3-7H2,1-2H3,(H,13,14). The average molecular weight is 250 g/mol. The Labute approximate surface area is 104 Å². The van der Waals surface area contributed by atoms with Crippen LogP contribution >= 0.6 is 0 Å². The van der Waals surface area contributed by atoms with E-state index in [4.69, 9.17) is 0 Å². The van der Waals surface area contributed by atoms with Crippen LogP contribution in [0.15, 0.2) is 15.9 Å². The van der Waals surface area contributed by atoms with Crippen molar-refractivity contribution in [3.63, 3.8) is 0 Å². The van der Waals surface area contributed by atoms with Gasteiger partial charge < -0.3 is 4.98 Å². The van der Waals surface area contributed by atoms with E-state index in [0.717, 1.165) is 19.3 Å². The van der Waals surface area contributed by atoms with E-state index in [9.17, 15) is 9.59 Å². The SMILES string of the molecule is CCCCCn1c(=O)c2[nH]cnc2n(CC)c1=O. The summed E-state index contributed by atoms with van der Waals surface area (Å²) in [7, 11) is 0. The normalized spacial score (nSPS) is 11.2. The second-order valence-electron chi connectivity index (χ2n) is 4.29. The Morgan fingerprint density at radius 1 is 1.22 bits per heavy atom. The van der Waals surface area contributed by atoms with E-state index in [-0.39, 0.29) is 11.2 Å². The van der Waals surface area contributed by atoms with Crippen molar-refractivity contribution < 1.29 is 0 Å². The van der Waals surface area contributed by atoms with Crippen molar-refractivity contribution in [2.24, 2.45) is 0 Å². The van der Waals surface area contributed by atoms with E-state index in [0.29, 0.717) is 24.3 Å². The molecule has 18 heavy (non-hydrogen) atoms. The van der Waals surface area contributed by atoms with Crippen LogP contribution in [0.1, 0.15) is 33.1 Å².